The van der Waals surface area contributed by atoms with Gasteiger partial charge in [-0.15, -0.1) is 0 Å². The van der Waals surface area contributed by atoms with E-state index in [2.05, 4.69) is 88.4 Å². The number of para-hydroxylation sites is 1. The normalized spacial score (nSPS) is 22.1. The number of aliphatic hydroxyl groups is 1. The van der Waals surface area contributed by atoms with Crippen molar-refractivity contribution in [3.05, 3.63) is 36.0 Å². The number of aromatic amines is 1. The molecule has 2 fully saturated rings. The molecule has 1 aromatic heterocycles. The number of aliphatic imine (C=N–C) groups is 1. The summed E-state index contributed by atoms with van der Waals surface area (Å²) in [5.74, 6) is -16.8. The summed E-state index contributed by atoms with van der Waals surface area (Å²) in [6.45, 7) is -0.691. The predicted molar refractivity (Wildman–Crippen MR) is 329 cm³/mol. The van der Waals surface area contributed by atoms with Crippen LogP contribution in [-0.4, -0.2) is 230 Å². The van der Waals surface area contributed by atoms with E-state index in [-0.39, 0.29) is 62.7 Å². The Morgan fingerprint density at radius 3 is 2.01 bits per heavy atom. The molecule has 490 valence electrons. The minimum absolute atomic E-state index is 0.0192. The van der Waals surface area contributed by atoms with Crippen molar-refractivity contribution in [2.24, 2.45) is 27.9 Å². The Labute approximate surface area is 527 Å². The summed E-state index contributed by atoms with van der Waals surface area (Å²) < 4.78 is 0. The van der Waals surface area contributed by atoms with Gasteiger partial charge in [0.1, 0.15) is 66.5 Å². The fraction of sp³-hybridized carbons (Fsp3) is 0.549. The van der Waals surface area contributed by atoms with Crippen LogP contribution in [0.1, 0.15) is 57.4 Å². The van der Waals surface area contributed by atoms with Gasteiger partial charge in [-0.3, -0.25) is 72.1 Å². The van der Waals surface area contributed by atoms with E-state index in [0.29, 0.717) is 16.5 Å². The molecule has 2 aliphatic heterocycles. The smallest absolute Gasteiger partial charge is 0.305 e. The predicted octanol–water partition coefficient (Wildman–Crippen LogP) is -7.35. The molecule has 1 aromatic carbocycles. The number of thiol groups is 2. The number of fused-ring (bicyclic) bond motifs is 2. The molecule has 0 radical (unpaired) electrons. The van der Waals surface area contributed by atoms with E-state index in [1.165, 1.54) is 6.92 Å². The number of benzene rings is 1. The highest BCUT2D eigenvalue weighted by Crippen LogP contribution is 2.25. The van der Waals surface area contributed by atoms with Gasteiger partial charge in [-0.1, -0.05) is 39.8 Å². The number of aliphatic carboxylic acids is 2. The summed E-state index contributed by atoms with van der Waals surface area (Å²) in [7, 11) is 1.72. The Morgan fingerprint density at radius 1 is 0.753 bits per heavy atom. The Hall–Kier alpha value is -8.07. The zero-order chi connectivity index (χ0) is 66.1. The zero-order valence-electron chi connectivity index (χ0n) is 48.0. The number of carboxylic acid groups (broad SMARTS) is 2. The molecule has 11 atom stereocenters. The summed E-state index contributed by atoms with van der Waals surface area (Å²) in [4.78, 5) is 197. The molecule has 4 rings (SSSR count). The lowest BCUT2D eigenvalue weighted by molar-refractivity contribution is -0.146. The number of hydrogen-bond acceptors (Lipinski definition) is 21. The minimum atomic E-state index is -1.89. The van der Waals surface area contributed by atoms with Crippen molar-refractivity contribution < 1.29 is 82.4 Å². The highest BCUT2D eigenvalue weighted by atomic mass is 33.1. The molecule has 0 spiro atoms. The van der Waals surface area contributed by atoms with Gasteiger partial charge in [0.15, 0.2) is 5.96 Å². The third kappa shape index (κ3) is 23.1. The molecule has 89 heavy (non-hydrogen) atoms. The number of nitrogens with two attached hydrogens (primary N) is 4. The maximum Gasteiger partial charge on any atom is 0.305 e. The van der Waals surface area contributed by atoms with Gasteiger partial charge in [-0.05, 0) is 50.7 Å². The third-order valence-electron chi connectivity index (χ3n) is 13.7. The number of hydrogen-bond donors (Lipinski definition) is 20. The molecular weight excluding hydrogens is 1250 g/mol. The van der Waals surface area contributed by atoms with Gasteiger partial charge in [0, 0.05) is 66.0 Å². The number of aromatic nitrogens is 1. The summed E-state index contributed by atoms with van der Waals surface area (Å²) in [6, 6.07) is -10.5. The van der Waals surface area contributed by atoms with Crippen LogP contribution in [0, 0.1) is 0 Å². The Balaban J connectivity index is 1.75. The quantitative estimate of drug-likeness (QED) is 0.0144. The van der Waals surface area contributed by atoms with Crippen LogP contribution in [0.5, 0.6) is 0 Å². The summed E-state index contributed by atoms with van der Waals surface area (Å²) >= 11 is 8.16. The first-order valence-electron chi connectivity index (χ1n) is 27.7. The van der Waals surface area contributed by atoms with E-state index in [1.54, 1.807) is 30.5 Å². The fourth-order valence-electron chi connectivity index (χ4n) is 8.94. The number of guanidine groups is 1. The van der Waals surface area contributed by atoms with Crippen LogP contribution in [-0.2, 0) is 73.5 Å². The van der Waals surface area contributed by atoms with Crippen LogP contribution in [0.4, 0.5) is 0 Å². The van der Waals surface area contributed by atoms with Gasteiger partial charge in [0.25, 0.3) is 0 Å². The number of carbonyl (C=O) groups is 14. The molecule has 0 saturated carbocycles. The highest BCUT2D eigenvalue weighted by molar-refractivity contribution is 8.76. The molecule has 22 N–H and O–H groups in total. The van der Waals surface area contributed by atoms with Gasteiger partial charge >= 0.3 is 11.9 Å². The van der Waals surface area contributed by atoms with Crippen LogP contribution >= 0.6 is 46.8 Å². The van der Waals surface area contributed by atoms with Gasteiger partial charge in [-0.25, -0.2) is 0 Å². The second-order valence-electron chi connectivity index (χ2n) is 20.3. The Kier molecular flexibility index (Phi) is 30.0. The lowest BCUT2D eigenvalue weighted by Crippen LogP contribution is -2.61. The zero-order valence-corrected chi connectivity index (χ0v) is 51.4. The third-order valence-corrected chi connectivity index (χ3v) is 16.8. The first-order valence-corrected chi connectivity index (χ1v) is 31.4. The molecule has 3 unspecified atom stereocenters. The largest absolute Gasteiger partial charge is 0.481 e. The number of nitrogens with one attached hydrogen (secondary N) is 11. The average Bonchev–Trinajstić information content (AvgIpc) is 2.17. The first-order chi connectivity index (χ1) is 42.2. The van der Waals surface area contributed by atoms with Crippen molar-refractivity contribution in [1.82, 2.24) is 63.1 Å². The van der Waals surface area contributed by atoms with Crippen molar-refractivity contribution >= 4 is 147 Å². The lowest BCUT2D eigenvalue weighted by Gasteiger charge is -2.30. The number of amides is 12. The number of carboxylic acids is 2. The first kappa shape index (κ1) is 73.4. The molecule has 38 heteroatoms. The number of aliphatic hydroxyl groups excluding tert-OH is 1. The van der Waals surface area contributed by atoms with Crippen LogP contribution in [0.3, 0.4) is 0 Å². The van der Waals surface area contributed by atoms with Crippen molar-refractivity contribution in [3.63, 3.8) is 0 Å². The van der Waals surface area contributed by atoms with Crippen molar-refractivity contribution in [2.45, 2.75) is 125 Å². The van der Waals surface area contributed by atoms with Crippen LogP contribution in [0.2, 0.25) is 0 Å². The fourth-order valence-corrected chi connectivity index (χ4v) is 11.8. The maximum absolute atomic E-state index is 14.6. The molecule has 2 aliphatic rings. The van der Waals surface area contributed by atoms with E-state index in [9.17, 15) is 82.4 Å². The molecule has 2 aromatic rings. The van der Waals surface area contributed by atoms with Gasteiger partial charge in [-0.2, -0.15) is 25.3 Å². The lowest BCUT2D eigenvalue weighted by atomic mass is 10.0. The SMILES string of the molecule is C[C@H](NC(=O)[C@@H]1CSSCC(NC(=O)CN)C(=O)N[C@@H](CS)C(=O)NC(CO)C(=O)N[C@@H](CC(=O)O)C(=O)N2CCC[C@H]2C(=O)NC(CCCN=C(N)N)C(=O)N1)C(=O)N[C@@H](Cc1c[nH]c2ccccc12)C(=O)N[C@@H](CCC(=O)O)C(=O)N[C@@H](CS)C(N)=O. The van der Waals surface area contributed by atoms with Gasteiger partial charge in [0.05, 0.1) is 19.6 Å². The maximum atomic E-state index is 14.6. The molecule has 12 amide bonds. The molecule has 0 bridgehead atoms. The monoisotopic (exact) mass is 1330 g/mol. The van der Waals surface area contributed by atoms with Crippen molar-refractivity contribution in [3.8, 4) is 0 Å². The van der Waals surface area contributed by atoms with E-state index in [0.717, 1.165) is 26.5 Å². The van der Waals surface area contributed by atoms with Crippen LogP contribution < -0.4 is 76.1 Å². The molecule has 34 nitrogen and oxygen atoms in total. The average molecular weight is 1330 g/mol. The number of H-pyrrole nitrogens is 1. The van der Waals surface area contributed by atoms with Crippen molar-refractivity contribution in [1.29, 1.82) is 0 Å². The van der Waals surface area contributed by atoms with Gasteiger partial charge in [0.2, 0.25) is 70.9 Å². The molecule has 3 heterocycles. The van der Waals surface area contributed by atoms with Gasteiger partial charge < -0.3 is 101 Å². The van der Waals surface area contributed by atoms with E-state index >= 15 is 0 Å². The summed E-state index contributed by atoms with van der Waals surface area (Å²) in [5, 5.41) is 54.3. The number of rotatable bonds is 25. The highest BCUT2D eigenvalue weighted by Gasteiger charge is 2.41. The second-order valence-corrected chi connectivity index (χ2v) is 23.6. The Morgan fingerprint density at radius 2 is 1.37 bits per heavy atom. The summed E-state index contributed by atoms with van der Waals surface area (Å²) in [5.41, 5.74) is 23.1. The summed E-state index contributed by atoms with van der Waals surface area (Å²) in [6.07, 6.45) is -0.903. The molecule has 2 saturated heterocycles. The van der Waals surface area contributed by atoms with Crippen molar-refractivity contribution in [2.75, 3.05) is 49.3 Å². The van der Waals surface area contributed by atoms with E-state index in [1.807, 2.05) is 0 Å². The van der Waals surface area contributed by atoms with E-state index in [4.69, 9.17) is 22.9 Å². The number of primary amides is 1. The van der Waals surface area contributed by atoms with Crippen LogP contribution in [0.25, 0.3) is 10.9 Å². The minimum Gasteiger partial charge on any atom is -0.481 e. The van der Waals surface area contributed by atoms with Crippen LogP contribution in [0.15, 0.2) is 35.5 Å². The standard InChI is InChI=1S/C51H75N17O17S4/c1-23(41(76)62-29(14-24-17-57-26-7-3-2-6-25(24)26)44(79)60-28(10-11-38(71)72)43(78)65-32(19-86)40(53)75)58-47(82)35-22-89-88-21-34(59-37(70)16-52)48(83)66-33(20-87)46(81)64-31(18-69)45(80)63-30(15-39(73)74)50(85)68-13-5-9-36(68)49(84)61-27(42(77)67-35)8-4-12-56-51(54)55/h2-3,6-7,17,23,27-36,57,69,86-87H,4-5,8-16,18-22,52H2,1H3,(H2,53,75)(H,58,82)(H,59,70)(H,60,79)(H,61,84)(H,62,76)(H,63,80)(H,64,81)(H,65,78)(H,66,83)(H,67,77)(H,71,72)(H,73,74)(H4,54,55,56)/t23-,27?,28-,29-,30-,31?,32-,33-,34?,35-,36-/m0/s1. The molecular formula is C51H75N17O17S4. The Bertz CT molecular complexity index is 2960. The number of carbonyl (C=O) groups excluding carboxylic acids is 12. The molecule has 0 aliphatic carbocycles. The van der Waals surface area contributed by atoms with E-state index < -0.39 is 193 Å². The topological polar surface area (TPSA) is 555 Å². The number of nitrogens with zero attached hydrogens (tertiary/aromatic N) is 2. The second kappa shape index (κ2) is 36.4.